The number of ether oxygens (including phenoxy) is 2. The van der Waals surface area contributed by atoms with Crippen molar-refractivity contribution < 1.29 is 47.0 Å². The van der Waals surface area contributed by atoms with Crippen LogP contribution < -0.4 is 16.0 Å². The maximum atomic E-state index is 14.8. The number of hydrogen-bond acceptors (Lipinski definition) is 9. The van der Waals surface area contributed by atoms with Gasteiger partial charge in [0.2, 0.25) is 17.7 Å². The number of aromatic nitrogens is 3. The largest absolute Gasteiger partial charge is 0.453 e. The van der Waals surface area contributed by atoms with Crippen molar-refractivity contribution in [1.29, 1.82) is 0 Å². The number of alkyl carbamates (subject to hydrolysis) is 2. The summed E-state index contributed by atoms with van der Waals surface area (Å²) < 4.78 is 41.0. The van der Waals surface area contributed by atoms with Gasteiger partial charge in [0.05, 0.1) is 50.5 Å². The number of aromatic amines is 1. The van der Waals surface area contributed by atoms with Gasteiger partial charge in [-0.15, -0.1) is 0 Å². The van der Waals surface area contributed by atoms with Crippen LogP contribution in [-0.2, 0) is 41.6 Å². The van der Waals surface area contributed by atoms with Gasteiger partial charge in [-0.05, 0) is 72.1 Å². The smallest absolute Gasteiger partial charge is 0.407 e. The number of aryl methyl sites for hydroxylation is 1. The first kappa shape index (κ1) is 44.0. The number of alkyl halides is 2. The van der Waals surface area contributed by atoms with Gasteiger partial charge >= 0.3 is 12.2 Å². The van der Waals surface area contributed by atoms with Gasteiger partial charge in [-0.1, -0.05) is 50.2 Å². The number of likely N-dealkylation sites (tertiary alicyclic amines) is 2. The maximum Gasteiger partial charge on any atom is 0.407 e. The van der Waals surface area contributed by atoms with Gasteiger partial charge < -0.3 is 44.8 Å². The number of amides is 5. The molecule has 1 aliphatic carbocycles. The highest BCUT2D eigenvalue weighted by atomic mass is 19.3. The number of methoxy groups -OCH3 is 2. The summed E-state index contributed by atoms with van der Waals surface area (Å²) >= 11 is 0. The van der Waals surface area contributed by atoms with Gasteiger partial charge in [-0.2, -0.15) is 0 Å². The first-order chi connectivity index (χ1) is 30.6. The normalized spacial score (nSPS) is 22.9. The van der Waals surface area contributed by atoms with Crippen LogP contribution >= 0.6 is 0 Å². The molecule has 5 heterocycles. The predicted molar refractivity (Wildman–Crippen MR) is 229 cm³/mol. The Morgan fingerprint density at radius 3 is 2.28 bits per heavy atom. The fourth-order valence-corrected chi connectivity index (χ4v) is 9.70. The van der Waals surface area contributed by atoms with Crippen LogP contribution in [0.4, 0.5) is 24.1 Å². The predicted octanol–water partition coefficient (Wildman–Crippen LogP) is 5.81. The first-order valence-corrected chi connectivity index (χ1v) is 21.6. The van der Waals surface area contributed by atoms with Crippen molar-refractivity contribution in [2.24, 2.45) is 11.8 Å². The second-order valence-corrected chi connectivity index (χ2v) is 17.4. The molecular formula is C46H52F2N8O8. The molecule has 2 aromatic carbocycles. The number of rotatable bonds is 10. The second-order valence-electron chi connectivity index (χ2n) is 17.4. The summed E-state index contributed by atoms with van der Waals surface area (Å²) in [6.07, 6.45) is 3.79. The highest BCUT2D eigenvalue weighted by molar-refractivity contribution is 5.99. The zero-order valence-corrected chi connectivity index (χ0v) is 36.1. The van der Waals surface area contributed by atoms with Gasteiger partial charge in [0, 0.05) is 49.6 Å². The SMILES string of the molecule is COC(=O)N[C@H]1CCc2ccn3c2C1C(=O)C[C@H](C(=O)N1CCC[C@H]1C(=O)Nc1ccc(-c2ccc(-c4cnc([C@@H]5CC(F)(F)CN5C(=O)[C@@H](NC(=O)OC)C(C)C)[nH]4)cc2)cc1)C3. The van der Waals surface area contributed by atoms with Crippen molar-refractivity contribution in [2.75, 3.05) is 32.6 Å². The number of ketones is 1. The summed E-state index contributed by atoms with van der Waals surface area (Å²) in [6.45, 7) is 3.31. The third-order valence-electron chi connectivity index (χ3n) is 12.9. The van der Waals surface area contributed by atoms with Crippen LogP contribution in [0.3, 0.4) is 0 Å². The zero-order valence-electron chi connectivity index (χ0n) is 36.1. The number of carbonyl (C=O) groups excluding carboxylic acids is 6. The molecule has 5 amide bonds. The number of hydrogen-bond donors (Lipinski definition) is 4. The molecular weight excluding hydrogens is 831 g/mol. The molecule has 2 fully saturated rings. The van der Waals surface area contributed by atoms with Gasteiger partial charge in [0.25, 0.3) is 5.92 Å². The fourth-order valence-electron chi connectivity index (χ4n) is 9.70. The average Bonchev–Trinajstić information content (AvgIpc) is 4.10. The van der Waals surface area contributed by atoms with E-state index in [9.17, 15) is 37.5 Å². The lowest BCUT2D eigenvalue weighted by atomic mass is 9.79. The molecule has 2 saturated heterocycles. The zero-order chi connectivity index (χ0) is 45.4. The Morgan fingerprint density at radius 2 is 1.59 bits per heavy atom. The van der Waals surface area contributed by atoms with E-state index in [1.54, 1.807) is 30.9 Å². The van der Waals surface area contributed by atoms with Crippen LogP contribution in [0.25, 0.3) is 22.4 Å². The Kier molecular flexibility index (Phi) is 12.3. The Labute approximate surface area is 368 Å². The molecule has 64 heavy (non-hydrogen) atoms. The van der Waals surface area contributed by atoms with Gasteiger partial charge in [0.15, 0.2) is 0 Å². The Balaban J connectivity index is 0.898. The minimum Gasteiger partial charge on any atom is -0.453 e. The lowest BCUT2D eigenvalue weighted by Crippen LogP contribution is -2.51. The van der Waals surface area contributed by atoms with Crippen molar-refractivity contribution in [3.63, 3.8) is 0 Å². The average molecular weight is 883 g/mol. The lowest BCUT2D eigenvalue weighted by molar-refractivity contribution is -0.142. The van der Waals surface area contributed by atoms with E-state index in [2.05, 4.69) is 30.7 Å². The number of nitrogens with one attached hydrogen (secondary N) is 4. The van der Waals surface area contributed by atoms with Crippen LogP contribution in [0.5, 0.6) is 0 Å². The standard InChI is InChI=1S/C46H52F2N8O8/c1-25(2)38(53-45(62)64-4)43(60)56-24-46(47,48)21-35(56)40-49-22-33(51-40)28-9-7-26(8-10-28)27-11-14-31(15-12-27)50-41(58)34-6-5-18-55(34)42(59)30-20-36(57)37-32(52-44(61)63-3)16-13-29-17-19-54(23-30)39(29)37/h7-12,14-15,17,19,22,25,30,32,34-35,37-38H,5-6,13,16,18,20-21,23-24H2,1-4H3,(H,49,51)(H,50,58)(H,52,61)(H,53,62)/t30-,32-,34-,35-,37?,38-/m0/s1. The topological polar surface area (TPSA) is 197 Å². The Bertz CT molecular complexity index is 2430. The molecule has 1 unspecified atom stereocenters. The number of anilines is 1. The number of H-pyrrole nitrogens is 1. The van der Waals surface area contributed by atoms with Crippen LogP contribution in [0.1, 0.15) is 75.0 Å². The molecule has 8 rings (SSSR count). The minimum absolute atomic E-state index is 0.000915. The molecule has 338 valence electrons. The molecule has 4 aromatic rings. The van der Waals surface area contributed by atoms with E-state index in [1.807, 2.05) is 53.2 Å². The molecule has 4 aliphatic rings. The van der Waals surface area contributed by atoms with E-state index >= 15 is 0 Å². The summed E-state index contributed by atoms with van der Waals surface area (Å²) in [5, 5.41) is 8.26. The third-order valence-corrected chi connectivity index (χ3v) is 12.9. The first-order valence-electron chi connectivity index (χ1n) is 21.6. The van der Waals surface area contributed by atoms with E-state index in [0.29, 0.717) is 50.2 Å². The number of halogens is 2. The summed E-state index contributed by atoms with van der Waals surface area (Å²) in [5.41, 5.74) is 5.48. The number of carbonyl (C=O) groups is 6. The van der Waals surface area contributed by atoms with Crippen molar-refractivity contribution in [2.45, 2.75) is 94.9 Å². The number of imidazole rings is 1. The van der Waals surface area contributed by atoms with E-state index in [4.69, 9.17) is 4.74 Å². The number of nitrogens with zero attached hydrogens (tertiary/aromatic N) is 4. The van der Waals surface area contributed by atoms with Crippen molar-refractivity contribution in [3.05, 3.63) is 84.1 Å². The van der Waals surface area contributed by atoms with E-state index in [0.717, 1.165) is 40.0 Å². The molecule has 0 saturated carbocycles. The summed E-state index contributed by atoms with van der Waals surface area (Å²) in [4.78, 5) is 89.5. The quantitative estimate of drug-likeness (QED) is 0.152. The molecule has 0 spiro atoms. The van der Waals surface area contributed by atoms with E-state index in [1.165, 1.54) is 13.3 Å². The maximum absolute atomic E-state index is 14.8. The van der Waals surface area contributed by atoms with Crippen molar-refractivity contribution in [3.8, 4) is 22.4 Å². The van der Waals surface area contributed by atoms with Crippen LogP contribution in [-0.4, -0.2) is 111 Å². The molecule has 3 aliphatic heterocycles. The molecule has 6 atom stereocenters. The monoisotopic (exact) mass is 882 g/mol. The van der Waals surface area contributed by atoms with E-state index < -0.39 is 73.0 Å². The summed E-state index contributed by atoms with van der Waals surface area (Å²) in [7, 11) is 2.44. The summed E-state index contributed by atoms with van der Waals surface area (Å²) in [6, 6.07) is 13.5. The lowest BCUT2D eigenvalue weighted by Gasteiger charge is -2.31. The summed E-state index contributed by atoms with van der Waals surface area (Å²) in [5.74, 6) is -5.91. The third kappa shape index (κ3) is 8.82. The Morgan fingerprint density at radius 1 is 0.906 bits per heavy atom. The van der Waals surface area contributed by atoms with Crippen molar-refractivity contribution >= 4 is 41.4 Å². The van der Waals surface area contributed by atoms with Crippen LogP contribution in [0.15, 0.2) is 67.0 Å². The van der Waals surface area contributed by atoms with E-state index in [-0.39, 0.29) is 35.8 Å². The highest BCUT2D eigenvalue weighted by Crippen LogP contribution is 2.42. The molecule has 4 N–H and O–H groups in total. The Hall–Kier alpha value is -6.59. The minimum atomic E-state index is -3.15. The molecule has 16 nitrogen and oxygen atoms in total. The molecule has 2 aromatic heterocycles. The molecule has 0 bridgehead atoms. The van der Waals surface area contributed by atoms with Gasteiger partial charge in [-0.3, -0.25) is 19.2 Å². The molecule has 0 radical (unpaired) electrons. The highest BCUT2D eigenvalue weighted by Gasteiger charge is 2.50. The fraction of sp³-hybridized carbons (Fsp3) is 0.457. The second kappa shape index (κ2) is 17.9. The van der Waals surface area contributed by atoms with Crippen LogP contribution in [0.2, 0.25) is 0 Å². The number of Topliss-reactive ketones (excluding diaryl/α,β-unsaturated/α-hetero) is 1. The molecule has 18 heteroatoms. The van der Waals surface area contributed by atoms with Crippen molar-refractivity contribution in [1.82, 2.24) is 35.0 Å². The number of benzene rings is 2. The van der Waals surface area contributed by atoms with Crippen LogP contribution in [0, 0.1) is 11.8 Å². The van der Waals surface area contributed by atoms with Gasteiger partial charge in [0.1, 0.15) is 23.7 Å². The van der Waals surface area contributed by atoms with Gasteiger partial charge in [-0.25, -0.2) is 23.4 Å².